The number of carbonyl (C=O) groups is 2. The van der Waals surface area contributed by atoms with Crippen molar-refractivity contribution in [3.05, 3.63) is 72.1 Å². The number of hydrogen-bond acceptors (Lipinski definition) is 4. The summed E-state index contributed by atoms with van der Waals surface area (Å²) >= 11 is 0. The molecule has 0 spiro atoms. The highest BCUT2D eigenvalue weighted by molar-refractivity contribution is 5.95. The van der Waals surface area contributed by atoms with E-state index in [4.69, 9.17) is 9.90 Å². The summed E-state index contributed by atoms with van der Waals surface area (Å²) in [7, 11) is 1.81. The molecule has 2 aromatic carbocycles. The SMILES string of the molecule is Cn1ncnc1CCNC(=O)c1cccc(-c2ccccc2F)c1.O=C(O)C(F)(F)F. The van der Waals surface area contributed by atoms with E-state index in [1.807, 2.05) is 7.05 Å². The van der Waals surface area contributed by atoms with Gasteiger partial charge in [0.2, 0.25) is 0 Å². The molecule has 2 N–H and O–H groups in total. The van der Waals surface area contributed by atoms with Gasteiger partial charge in [0.15, 0.2) is 0 Å². The predicted molar refractivity (Wildman–Crippen MR) is 103 cm³/mol. The summed E-state index contributed by atoms with van der Waals surface area (Å²) < 4.78 is 47.3. The maximum absolute atomic E-state index is 13.9. The first-order valence-electron chi connectivity index (χ1n) is 8.85. The van der Waals surface area contributed by atoms with E-state index in [1.165, 1.54) is 12.4 Å². The second-order valence-corrected chi connectivity index (χ2v) is 6.17. The fraction of sp³-hybridized carbons (Fsp3) is 0.200. The molecule has 31 heavy (non-hydrogen) atoms. The highest BCUT2D eigenvalue weighted by atomic mass is 19.4. The van der Waals surface area contributed by atoms with Crippen LogP contribution in [0.15, 0.2) is 54.9 Å². The van der Waals surface area contributed by atoms with Gasteiger partial charge in [-0.15, -0.1) is 0 Å². The maximum Gasteiger partial charge on any atom is 0.490 e. The Kier molecular flexibility index (Phi) is 7.83. The zero-order chi connectivity index (χ0) is 23.0. The molecule has 0 unspecified atom stereocenters. The zero-order valence-electron chi connectivity index (χ0n) is 16.2. The molecule has 0 aliphatic heterocycles. The van der Waals surface area contributed by atoms with Crippen LogP contribution in [0.3, 0.4) is 0 Å². The van der Waals surface area contributed by atoms with Crippen molar-refractivity contribution < 1.29 is 32.3 Å². The van der Waals surface area contributed by atoms with Crippen LogP contribution in [0.25, 0.3) is 11.1 Å². The van der Waals surface area contributed by atoms with E-state index in [0.29, 0.717) is 29.7 Å². The van der Waals surface area contributed by atoms with Gasteiger partial charge in [-0.1, -0.05) is 30.3 Å². The van der Waals surface area contributed by atoms with Crippen LogP contribution in [0.1, 0.15) is 16.2 Å². The van der Waals surface area contributed by atoms with Crippen LogP contribution in [0.4, 0.5) is 17.6 Å². The third kappa shape index (κ3) is 6.91. The summed E-state index contributed by atoms with van der Waals surface area (Å²) in [5, 5.41) is 14.0. The summed E-state index contributed by atoms with van der Waals surface area (Å²) in [6.45, 7) is 0.454. The van der Waals surface area contributed by atoms with E-state index < -0.39 is 12.1 Å². The minimum atomic E-state index is -5.08. The van der Waals surface area contributed by atoms with E-state index >= 15 is 0 Å². The van der Waals surface area contributed by atoms with Crippen molar-refractivity contribution in [3.8, 4) is 11.1 Å². The van der Waals surface area contributed by atoms with E-state index in [9.17, 15) is 22.4 Å². The van der Waals surface area contributed by atoms with Crippen molar-refractivity contribution in [2.45, 2.75) is 12.6 Å². The van der Waals surface area contributed by atoms with Gasteiger partial charge in [0.05, 0.1) is 0 Å². The van der Waals surface area contributed by atoms with Crippen LogP contribution < -0.4 is 5.32 Å². The molecule has 3 rings (SSSR count). The lowest BCUT2D eigenvalue weighted by atomic mass is 10.0. The standard InChI is InChI=1S/C18H17FN4O.C2HF3O2/c1-23-17(21-12-22-23)9-10-20-18(24)14-6-4-5-13(11-14)15-7-2-3-8-16(15)19;3-2(4,5)1(6)7/h2-8,11-12H,9-10H2,1H3,(H,20,24);(H,6,7). The minimum Gasteiger partial charge on any atom is -0.475 e. The number of hydrogen-bond donors (Lipinski definition) is 2. The first kappa shape index (κ1) is 23.5. The number of nitrogens with zero attached hydrogens (tertiary/aromatic N) is 3. The molecule has 0 radical (unpaired) electrons. The molecule has 0 fully saturated rings. The molecular weight excluding hydrogens is 420 g/mol. The van der Waals surface area contributed by atoms with Crippen molar-refractivity contribution in [1.82, 2.24) is 20.1 Å². The van der Waals surface area contributed by atoms with E-state index in [0.717, 1.165) is 5.82 Å². The Morgan fingerprint density at radius 1 is 1.13 bits per heavy atom. The number of benzene rings is 2. The average Bonchev–Trinajstić information content (AvgIpc) is 3.13. The summed E-state index contributed by atoms with van der Waals surface area (Å²) in [6, 6.07) is 13.4. The highest BCUT2D eigenvalue weighted by Crippen LogP contribution is 2.23. The second kappa shape index (κ2) is 10.3. The molecule has 11 heteroatoms. The zero-order valence-corrected chi connectivity index (χ0v) is 16.2. The van der Waals surface area contributed by atoms with Crippen molar-refractivity contribution in [2.24, 2.45) is 7.05 Å². The number of nitrogens with one attached hydrogen (secondary N) is 1. The molecule has 0 saturated heterocycles. The van der Waals surface area contributed by atoms with Crippen LogP contribution in [0.5, 0.6) is 0 Å². The monoisotopic (exact) mass is 438 g/mol. The topological polar surface area (TPSA) is 97.1 Å². The normalized spacial score (nSPS) is 10.7. The van der Waals surface area contributed by atoms with Gasteiger partial charge >= 0.3 is 12.1 Å². The van der Waals surface area contributed by atoms with Crippen LogP contribution in [-0.4, -0.2) is 44.5 Å². The lowest BCUT2D eigenvalue weighted by Gasteiger charge is -2.08. The van der Waals surface area contributed by atoms with Crippen LogP contribution in [-0.2, 0) is 18.3 Å². The quantitative estimate of drug-likeness (QED) is 0.597. The molecular formula is C20H18F4N4O3. The Balaban J connectivity index is 0.000000423. The summed E-state index contributed by atoms with van der Waals surface area (Å²) in [4.78, 5) is 25.3. The summed E-state index contributed by atoms with van der Waals surface area (Å²) in [6.07, 6.45) is -3.01. The molecule has 0 bridgehead atoms. The average molecular weight is 438 g/mol. The lowest BCUT2D eigenvalue weighted by molar-refractivity contribution is -0.192. The summed E-state index contributed by atoms with van der Waals surface area (Å²) in [5.41, 5.74) is 1.65. The molecule has 0 aliphatic carbocycles. The van der Waals surface area contributed by atoms with Crippen molar-refractivity contribution in [1.29, 1.82) is 0 Å². The van der Waals surface area contributed by atoms with Crippen molar-refractivity contribution in [2.75, 3.05) is 6.54 Å². The fourth-order valence-corrected chi connectivity index (χ4v) is 2.46. The molecule has 1 aromatic heterocycles. The Bertz CT molecular complexity index is 1050. The molecule has 1 amide bonds. The van der Waals surface area contributed by atoms with Gasteiger partial charge in [0, 0.05) is 31.1 Å². The number of carboxylic acid groups (broad SMARTS) is 1. The number of amides is 1. The smallest absolute Gasteiger partial charge is 0.475 e. The molecule has 0 saturated carbocycles. The number of aliphatic carboxylic acids is 1. The Labute approximate surface area is 174 Å². The number of alkyl halides is 3. The van der Waals surface area contributed by atoms with Crippen molar-refractivity contribution in [3.63, 3.8) is 0 Å². The van der Waals surface area contributed by atoms with Crippen LogP contribution in [0.2, 0.25) is 0 Å². The largest absolute Gasteiger partial charge is 0.490 e. The first-order chi connectivity index (χ1) is 14.6. The molecule has 3 aromatic rings. The molecule has 1 heterocycles. The van der Waals surface area contributed by atoms with Crippen LogP contribution in [0, 0.1) is 5.82 Å². The van der Waals surface area contributed by atoms with E-state index in [-0.39, 0.29) is 11.7 Å². The number of aryl methyl sites for hydroxylation is 1. The van der Waals surface area contributed by atoms with Crippen molar-refractivity contribution >= 4 is 11.9 Å². The maximum atomic E-state index is 13.9. The van der Waals surface area contributed by atoms with Gasteiger partial charge in [0.25, 0.3) is 5.91 Å². The summed E-state index contributed by atoms with van der Waals surface area (Å²) in [5.74, 6) is -2.46. The molecule has 164 valence electrons. The highest BCUT2D eigenvalue weighted by Gasteiger charge is 2.38. The van der Waals surface area contributed by atoms with Crippen LogP contribution >= 0.6 is 0 Å². The predicted octanol–water partition coefficient (Wildman–Crippen LogP) is 3.23. The van der Waals surface area contributed by atoms with Gasteiger partial charge in [-0.25, -0.2) is 14.2 Å². The minimum absolute atomic E-state index is 0.199. The number of rotatable bonds is 5. The third-order valence-corrected chi connectivity index (χ3v) is 3.99. The number of carboxylic acids is 1. The Morgan fingerprint density at radius 3 is 2.39 bits per heavy atom. The van der Waals surface area contributed by atoms with Gasteiger partial charge in [-0.3, -0.25) is 9.48 Å². The number of halogens is 4. The molecule has 0 atom stereocenters. The van der Waals surface area contributed by atoms with Gasteiger partial charge in [-0.2, -0.15) is 18.3 Å². The third-order valence-electron chi connectivity index (χ3n) is 3.99. The lowest BCUT2D eigenvalue weighted by Crippen LogP contribution is -2.26. The first-order valence-corrected chi connectivity index (χ1v) is 8.85. The van der Waals surface area contributed by atoms with Gasteiger partial charge in [0.1, 0.15) is 18.0 Å². The van der Waals surface area contributed by atoms with E-state index in [2.05, 4.69) is 15.4 Å². The van der Waals surface area contributed by atoms with Gasteiger partial charge in [-0.05, 0) is 23.8 Å². The number of carbonyl (C=O) groups excluding carboxylic acids is 1. The fourth-order valence-electron chi connectivity index (χ4n) is 2.46. The Morgan fingerprint density at radius 2 is 1.81 bits per heavy atom. The van der Waals surface area contributed by atoms with Gasteiger partial charge < -0.3 is 10.4 Å². The second-order valence-electron chi connectivity index (χ2n) is 6.17. The molecule has 7 nitrogen and oxygen atoms in total. The van der Waals surface area contributed by atoms with E-state index in [1.54, 1.807) is 47.1 Å². The number of aromatic nitrogens is 3. The Hall–Kier alpha value is -3.76. The molecule has 0 aliphatic rings.